The predicted molar refractivity (Wildman–Crippen MR) is 70.4 cm³/mol. The van der Waals surface area contributed by atoms with Gasteiger partial charge in [-0.25, -0.2) is 4.39 Å². The van der Waals surface area contributed by atoms with Gasteiger partial charge < -0.3 is 14.8 Å². The fourth-order valence-corrected chi connectivity index (χ4v) is 1.45. The zero-order valence-corrected chi connectivity index (χ0v) is 11.3. The van der Waals surface area contributed by atoms with Crippen molar-refractivity contribution in [3.05, 3.63) is 29.8 Å². The molecule has 0 spiro atoms. The summed E-state index contributed by atoms with van der Waals surface area (Å²) in [4.78, 5) is 0. The van der Waals surface area contributed by atoms with Crippen LogP contribution in [0.5, 0.6) is 5.75 Å². The Morgan fingerprint density at radius 3 is 2.68 bits per heavy atom. The molecule has 0 atom stereocenters. The molecule has 0 fully saturated rings. The summed E-state index contributed by atoms with van der Waals surface area (Å²) >= 11 is 0. The van der Waals surface area contributed by atoms with Crippen LogP contribution in [-0.4, -0.2) is 32.9 Å². The molecule has 0 saturated carbocycles. The van der Waals surface area contributed by atoms with Crippen LogP contribution in [0.25, 0.3) is 0 Å². The summed E-state index contributed by atoms with van der Waals surface area (Å²) in [6.45, 7) is 5.11. The molecule has 0 heterocycles. The van der Waals surface area contributed by atoms with Crippen LogP contribution in [-0.2, 0) is 4.74 Å². The highest BCUT2D eigenvalue weighted by atomic mass is 19.2. The molecule has 0 amide bonds. The second kappa shape index (κ2) is 9.69. The van der Waals surface area contributed by atoms with Crippen LogP contribution >= 0.6 is 0 Å². The van der Waals surface area contributed by atoms with Crippen LogP contribution in [0.15, 0.2) is 18.2 Å². The lowest BCUT2D eigenvalue weighted by molar-refractivity contribution is 0.132. The third kappa shape index (κ3) is 6.50. The minimum absolute atomic E-state index is 0.0546. The van der Waals surface area contributed by atoms with Crippen molar-refractivity contribution >= 4 is 0 Å². The average Bonchev–Trinajstić information content (AvgIpc) is 2.41. The number of rotatable bonds is 10. The summed E-state index contributed by atoms with van der Waals surface area (Å²) in [5, 5.41) is 3.10. The van der Waals surface area contributed by atoms with Crippen LogP contribution in [0.4, 0.5) is 8.78 Å². The molecule has 108 valence electrons. The topological polar surface area (TPSA) is 30.5 Å². The molecule has 19 heavy (non-hydrogen) atoms. The van der Waals surface area contributed by atoms with E-state index in [-0.39, 0.29) is 12.4 Å². The molecule has 0 aromatic heterocycles. The van der Waals surface area contributed by atoms with Crippen LogP contribution in [0.3, 0.4) is 0 Å². The van der Waals surface area contributed by atoms with Crippen molar-refractivity contribution in [3.63, 3.8) is 0 Å². The van der Waals surface area contributed by atoms with Gasteiger partial charge in [-0.15, -0.1) is 0 Å². The summed E-state index contributed by atoms with van der Waals surface area (Å²) in [7, 11) is 0. The van der Waals surface area contributed by atoms with Gasteiger partial charge in [0.1, 0.15) is 6.61 Å². The second-order valence-electron chi connectivity index (χ2n) is 4.12. The molecule has 0 aliphatic rings. The first-order chi connectivity index (χ1) is 9.25. The molecule has 0 bridgehead atoms. The first-order valence-electron chi connectivity index (χ1n) is 6.61. The molecular weight excluding hydrogens is 252 g/mol. The van der Waals surface area contributed by atoms with Crippen molar-refractivity contribution < 1.29 is 18.3 Å². The molecule has 3 nitrogen and oxygen atoms in total. The van der Waals surface area contributed by atoms with Gasteiger partial charge in [-0.1, -0.05) is 19.4 Å². The zero-order valence-electron chi connectivity index (χ0n) is 11.3. The van der Waals surface area contributed by atoms with E-state index >= 15 is 0 Å². The molecule has 0 saturated heterocycles. The van der Waals surface area contributed by atoms with Crippen molar-refractivity contribution in [2.45, 2.75) is 19.8 Å². The fourth-order valence-electron chi connectivity index (χ4n) is 1.45. The van der Waals surface area contributed by atoms with Gasteiger partial charge in [-0.3, -0.25) is 0 Å². The number of benzene rings is 1. The highest BCUT2D eigenvalue weighted by molar-refractivity contribution is 5.24. The van der Waals surface area contributed by atoms with E-state index in [9.17, 15) is 8.78 Å². The lowest BCUT2D eigenvalue weighted by Gasteiger charge is -2.08. The Hall–Kier alpha value is -1.20. The number of halogens is 2. The minimum Gasteiger partial charge on any atom is -0.489 e. The summed E-state index contributed by atoms with van der Waals surface area (Å²) in [6.07, 6.45) is 2.20. The Morgan fingerprint density at radius 1 is 1.11 bits per heavy atom. The molecule has 0 radical (unpaired) electrons. The third-order valence-corrected chi connectivity index (χ3v) is 2.52. The number of ether oxygens (including phenoxy) is 2. The maximum Gasteiger partial charge on any atom is 0.200 e. The average molecular weight is 273 g/mol. The summed E-state index contributed by atoms with van der Waals surface area (Å²) in [5.74, 6) is -1.89. The van der Waals surface area contributed by atoms with E-state index < -0.39 is 11.6 Å². The van der Waals surface area contributed by atoms with Crippen LogP contribution in [0.1, 0.15) is 19.8 Å². The number of unbranched alkanes of at least 4 members (excludes halogenated alkanes) is 1. The standard InChI is InChI=1S/C14H21F2NO2/c1-2-3-9-18-10-7-17-8-11-19-13-6-4-5-12(15)14(13)16/h4-6,17H,2-3,7-11H2,1H3. The van der Waals surface area contributed by atoms with Gasteiger partial charge in [0.25, 0.3) is 0 Å². The van der Waals surface area contributed by atoms with Gasteiger partial charge in [0.2, 0.25) is 5.82 Å². The monoisotopic (exact) mass is 273 g/mol. The molecule has 1 N–H and O–H groups in total. The molecule has 5 heteroatoms. The minimum atomic E-state index is -0.939. The SMILES string of the molecule is CCCCOCCNCCOc1cccc(F)c1F. The Bertz CT molecular complexity index is 361. The van der Waals surface area contributed by atoms with Crippen LogP contribution < -0.4 is 10.1 Å². The predicted octanol–water partition coefficient (Wildman–Crippen LogP) is 2.75. The van der Waals surface area contributed by atoms with E-state index in [2.05, 4.69) is 12.2 Å². The number of nitrogens with one attached hydrogen (secondary N) is 1. The normalized spacial score (nSPS) is 10.7. The van der Waals surface area contributed by atoms with Crippen molar-refractivity contribution in [2.75, 3.05) is 32.9 Å². The maximum atomic E-state index is 13.2. The van der Waals surface area contributed by atoms with Crippen molar-refractivity contribution in [1.29, 1.82) is 0 Å². The lowest BCUT2D eigenvalue weighted by Crippen LogP contribution is -2.25. The molecule has 0 aliphatic heterocycles. The maximum absolute atomic E-state index is 13.2. The van der Waals surface area contributed by atoms with Crippen LogP contribution in [0, 0.1) is 11.6 Å². The second-order valence-corrected chi connectivity index (χ2v) is 4.12. The van der Waals surface area contributed by atoms with E-state index in [1.54, 1.807) is 0 Å². The Morgan fingerprint density at radius 2 is 1.89 bits per heavy atom. The molecule has 1 aromatic carbocycles. The third-order valence-electron chi connectivity index (χ3n) is 2.52. The number of hydrogen-bond donors (Lipinski definition) is 1. The Kier molecular flexibility index (Phi) is 8.09. The van der Waals surface area contributed by atoms with Gasteiger partial charge >= 0.3 is 0 Å². The quantitative estimate of drug-likeness (QED) is 0.665. The summed E-state index contributed by atoms with van der Waals surface area (Å²) < 4.78 is 36.6. The largest absolute Gasteiger partial charge is 0.489 e. The number of hydrogen-bond acceptors (Lipinski definition) is 3. The van der Waals surface area contributed by atoms with E-state index in [1.807, 2.05) is 0 Å². The van der Waals surface area contributed by atoms with E-state index in [0.29, 0.717) is 13.2 Å². The molecule has 1 aromatic rings. The van der Waals surface area contributed by atoms with Crippen LogP contribution in [0.2, 0.25) is 0 Å². The highest BCUT2D eigenvalue weighted by Gasteiger charge is 2.07. The molecule has 0 aliphatic carbocycles. The summed E-state index contributed by atoms with van der Waals surface area (Å²) in [6, 6.07) is 3.89. The molecule has 0 unspecified atom stereocenters. The van der Waals surface area contributed by atoms with Gasteiger partial charge in [-0.05, 0) is 18.6 Å². The van der Waals surface area contributed by atoms with Crippen molar-refractivity contribution in [1.82, 2.24) is 5.32 Å². The highest BCUT2D eigenvalue weighted by Crippen LogP contribution is 2.18. The van der Waals surface area contributed by atoms with Crippen molar-refractivity contribution in [2.24, 2.45) is 0 Å². The van der Waals surface area contributed by atoms with Gasteiger partial charge in [0.05, 0.1) is 6.61 Å². The summed E-state index contributed by atoms with van der Waals surface area (Å²) in [5.41, 5.74) is 0. The smallest absolute Gasteiger partial charge is 0.200 e. The molecular formula is C14H21F2NO2. The fraction of sp³-hybridized carbons (Fsp3) is 0.571. The van der Waals surface area contributed by atoms with Gasteiger partial charge in [0, 0.05) is 19.7 Å². The first kappa shape index (κ1) is 15.9. The zero-order chi connectivity index (χ0) is 13.9. The van der Waals surface area contributed by atoms with E-state index in [4.69, 9.17) is 9.47 Å². The Balaban J connectivity index is 2.03. The lowest BCUT2D eigenvalue weighted by atomic mass is 10.3. The molecule has 1 rings (SSSR count). The van der Waals surface area contributed by atoms with Crippen molar-refractivity contribution in [3.8, 4) is 5.75 Å². The van der Waals surface area contributed by atoms with Gasteiger partial charge in [0.15, 0.2) is 11.6 Å². The van der Waals surface area contributed by atoms with E-state index in [1.165, 1.54) is 12.1 Å². The van der Waals surface area contributed by atoms with Gasteiger partial charge in [-0.2, -0.15) is 4.39 Å². The van der Waals surface area contributed by atoms with E-state index in [0.717, 1.165) is 32.1 Å². The first-order valence-corrected chi connectivity index (χ1v) is 6.61. The Labute approximate surface area is 112 Å².